The summed E-state index contributed by atoms with van der Waals surface area (Å²) in [5.74, 6) is -0.332. The molecule has 1 aromatic carbocycles. The number of aryl methyl sites for hydroxylation is 1. The van der Waals surface area contributed by atoms with Crippen molar-refractivity contribution in [3.05, 3.63) is 58.5 Å². The first-order valence-corrected chi connectivity index (χ1v) is 10.4. The third kappa shape index (κ3) is 2.93. The van der Waals surface area contributed by atoms with E-state index in [9.17, 15) is 19.0 Å². The molecule has 2 aromatic heterocycles. The number of aromatic hydroxyl groups is 1. The van der Waals surface area contributed by atoms with E-state index in [2.05, 4.69) is 14.7 Å². The van der Waals surface area contributed by atoms with E-state index < -0.39 is 16.3 Å². The molecule has 8 nitrogen and oxygen atoms in total. The van der Waals surface area contributed by atoms with Crippen molar-refractivity contribution in [1.29, 1.82) is 0 Å². The van der Waals surface area contributed by atoms with Crippen LogP contribution in [0.1, 0.15) is 25.3 Å². The highest BCUT2D eigenvalue weighted by atomic mass is 32.3. The van der Waals surface area contributed by atoms with Gasteiger partial charge < -0.3 is 15.0 Å². The summed E-state index contributed by atoms with van der Waals surface area (Å²) in [5.41, 5.74) is 0.412. The number of nitrogens with one attached hydrogen (secondary N) is 1. The fourth-order valence-electron chi connectivity index (χ4n) is 3.27. The molecule has 0 aliphatic carbocycles. The monoisotopic (exact) mass is 400 g/mol. The highest BCUT2D eigenvalue weighted by molar-refractivity contribution is 8.23. The number of rotatable bonds is 4. The average molecular weight is 400 g/mol. The first-order valence-electron chi connectivity index (χ1n) is 8.89. The number of aromatic nitrogens is 2. The Bertz CT molecular complexity index is 1160. The molecular formula is C19H20N4O4S. The fraction of sp³-hybridized carbons (Fsp3) is 0.211. The van der Waals surface area contributed by atoms with E-state index in [0.717, 1.165) is 12.8 Å². The second-order valence-corrected chi connectivity index (χ2v) is 8.10. The number of nitrogens with zero attached hydrogens (tertiary/aromatic N) is 3. The number of pyridine rings is 2. The Hall–Kier alpha value is -2.88. The smallest absolute Gasteiger partial charge is 0.265 e. The molecule has 0 spiro atoms. The van der Waals surface area contributed by atoms with Crippen LogP contribution in [0.15, 0.2) is 56.8 Å². The van der Waals surface area contributed by atoms with E-state index in [0.29, 0.717) is 23.1 Å². The molecule has 0 unspecified atom stereocenters. The Morgan fingerprint density at radius 3 is 2.75 bits per heavy atom. The van der Waals surface area contributed by atoms with Crippen LogP contribution < -0.4 is 10.9 Å². The van der Waals surface area contributed by atoms with Gasteiger partial charge >= 0.3 is 0 Å². The van der Waals surface area contributed by atoms with Crippen molar-refractivity contribution in [2.24, 2.45) is 4.40 Å². The molecule has 0 fully saturated rings. The number of unbranched alkanes of at least 4 members (excludes halogenated alkanes) is 1. The topological polar surface area (TPSA) is 120 Å². The van der Waals surface area contributed by atoms with Crippen molar-refractivity contribution in [1.82, 2.24) is 9.55 Å². The van der Waals surface area contributed by atoms with Gasteiger partial charge in [0.05, 0.1) is 11.2 Å². The summed E-state index contributed by atoms with van der Waals surface area (Å²) in [6, 6.07) is 10.3. The average Bonchev–Trinajstić information content (AvgIpc) is 2.68. The van der Waals surface area contributed by atoms with E-state index in [-0.39, 0.29) is 22.2 Å². The van der Waals surface area contributed by atoms with E-state index in [1.807, 2.05) is 6.92 Å². The van der Waals surface area contributed by atoms with Crippen LogP contribution in [0, 0.1) is 0 Å². The normalized spacial score (nSPS) is 16.2. The first kappa shape index (κ1) is 18.5. The molecular weight excluding hydrogens is 380 g/mol. The minimum Gasteiger partial charge on any atom is -0.506 e. The number of amidine groups is 1. The van der Waals surface area contributed by atoms with E-state index in [4.69, 9.17) is 0 Å². The van der Waals surface area contributed by atoms with Crippen molar-refractivity contribution in [2.75, 3.05) is 5.32 Å². The van der Waals surface area contributed by atoms with E-state index in [1.54, 1.807) is 41.0 Å². The van der Waals surface area contributed by atoms with Crippen LogP contribution in [0.25, 0.3) is 10.9 Å². The second-order valence-electron chi connectivity index (χ2n) is 6.49. The number of fused-ring (bicyclic) bond motifs is 2. The molecule has 4 N–H and O–H groups in total. The third-order valence-electron chi connectivity index (χ3n) is 4.62. The van der Waals surface area contributed by atoms with Crippen LogP contribution in [-0.4, -0.2) is 29.6 Å². The lowest BCUT2D eigenvalue weighted by Crippen LogP contribution is -2.32. The lowest BCUT2D eigenvalue weighted by atomic mass is 10.1. The SMILES string of the molecule is CCCCn1c(=O)c(C2=NS(O)(O)c3ncccc3N2)c(O)c2ccccc21. The van der Waals surface area contributed by atoms with Gasteiger partial charge in [0.15, 0.2) is 10.9 Å². The fourth-order valence-corrected chi connectivity index (χ4v) is 4.37. The minimum atomic E-state index is -3.60. The zero-order valence-corrected chi connectivity index (χ0v) is 16.0. The maximum atomic E-state index is 13.2. The zero-order valence-electron chi connectivity index (χ0n) is 15.2. The summed E-state index contributed by atoms with van der Waals surface area (Å²) >= 11 is 0. The van der Waals surface area contributed by atoms with Crippen molar-refractivity contribution < 1.29 is 14.2 Å². The molecule has 0 atom stereocenters. The molecule has 1 aliphatic heterocycles. The molecule has 3 aromatic rings. The van der Waals surface area contributed by atoms with Crippen LogP contribution >= 0.6 is 10.8 Å². The zero-order chi connectivity index (χ0) is 19.9. The molecule has 28 heavy (non-hydrogen) atoms. The van der Waals surface area contributed by atoms with Crippen LogP contribution in [0.4, 0.5) is 5.69 Å². The summed E-state index contributed by atoms with van der Waals surface area (Å²) in [4.78, 5) is 17.2. The van der Waals surface area contributed by atoms with Crippen LogP contribution in [-0.2, 0) is 6.54 Å². The van der Waals surface area contributed by atoms with Crippen molar-refractivity contribution in [3.63, 3.8) is 0 Å². The number of hydrogen-bond acceptors (Lipinski definition) is 7. The second kappa shape index (κ2) is 6.93. The van der Waals surface area contributed by atoms with Crippen LogP contribution in [0.5, 0.6) is 5.75 Å². The first-order chi connectivity index (χ1) is 13.4. The minimum absolute atomic E-state index is 0.00494. The van der Waals surface area contributed by atoms with Crippen molar-refractivity contribution in [3.8, 4) is 5.75 Å². The quantitative estimate of drug-likeness (QED) is 0.529. The Morgan fingerprint density at radius 1 is 1.18 bits per heavy atom. The third-order valence-corrected chi connectivity index (χ3v) is 5.90. The summed E-state index contributed by atoms with van der Waals surface area (Å²) in [7, 11) is -3.60. The van der Waals surface area contributed by atoms with Gasteiger partial charge in [-0.1, -0.05) is 25.5 Å². The van der Waals surface area contributed by atoms with Crippen LogP contribution in [0.3, 0.4) is 0 Å². The Morgan fingerprint density at radius 2 is 1.96 bits per heavy atom. The molecule has 1 aliphatic rings. The number of benzene rings is 1. The molecule has 9 heteroatoms. The Labute approximate surface area is 162 Å². The predicted molar refractivity (Wildman–Crippen MR) is 110 cm³/mol. The van der Waals surface area contributed by atoms with Gasteiger partial charge in [-0.05, 0) is 41.5 Å². The Balaban J connectivity index is 1.97. The standard InChI is InChI=1S/C19H20N4O4S/c1-2-3-11-23-14-9-5-4-7-12(14)16(24)15(19(23)25)17-21-13-8-6-10-20-18(13)28(26,27)22-17/h4-10,24,26-27H,2-3,11H2,1H3,(H,21,22). The van der Waals surface area contributed by atoms with Gasteiger partial charge in [0, 0.05) is 18.1 Å². The molecule has 0 saturated carbocycles. The molecule has 0 saturated heterocycles. The van der Waals surface area contributed by atoms with Crippen molar-refractivity contribution >= 4 is 33.2 Å². The molecule has 0 bridgehead atoms. The number of anilines is 1. The lowest BCUT2D eigenvalue weighted by molar-refractivity contribution is 0.476. The van der Waals surface area contributed by atoms with Gasteiger partial charge in [0.1, 0.15) is 11.3 Å². The van der Waals surface area contributed by atoms with Gasteiger partial charge in [0.2, 0.25) is 0 Å². The summed E-state index contributed by atoms with van der Waals surface area (Å²) in [5, 5.41) is 14.3. The molecule has 4 rings (SSSR count). The molecule has 3 heterocycles. The Kier molecular flexibility index (Phi) is 4.58. The maximum absolute atomic E-state index is 13.2. The molecule has 0 amide bonds. The van der Waals surface area contributed by atoms with Gasteiger partial charge in [-0.25, -0.2) is 4.98 Å². The largest absolute Gasteiger partial charge is 0.506 e. The summed E-state index contributed by atoms with van der Waals surface area (Å²) in [6.07, 6.45) is 3.12. The lowest BCUT2D eigenvalue weighted by Gasteiger charge is -2.32. The maximum Gasteiger partial charge on any atom is 0.265 e. The highest BCUT2D eigenvalue weighted by Gasteiger charge is 2.31. The summed E-state index contributed by atoms with van der Waals surface area (Å²) in [6.45, 7) is 2.51. The van der Waals surface area contributed by atoms with E-state index >= 15 is 0 Å². The van der Waals surface area contributed by atoms with Gasteiger partial charge in [-0.2, -0.15) is 0 Å². The van der Waals surface area contributed by atoms with Gasteiger partial charge in [0.25, 0.3) is 5.56 Å². The molecule has 146 valence electrons. The summed E-state index contributed by atoms with van der Waals surface area (Å²) < 4.78 is 26.4. The number of para-hydroxylation sites is 1. The van der Waals surface area contributed by atoms with Crippen molar-refractivity contribution in [2.45, 2.75) is 31.3 Å². The van der Waals surface area contributed by atoms with Gasteiger partial charge in [-0.3, -0.25) is 13.9 Å². The molecule has 0 radical (unpaired) electrons. The van der Waals surface area contributed by atoms with Gasteiger partial charge in [-0.15, -0.1) is 4.40 Å². The predicted octanol–water partition coefficient (Wildman–Crippen LogP) is 3.80. The van der Waals surface area contributed by atoms with Crippen LogP contribution in [0.2, 0.25) is 0 Å². The number of hydrogen-bond donors (Lipinski definition) is 4. The highest BCUT2D eigenvalue weighted by Crippen LogP contribution is 2.54. The van der Waals surface area contributed by atoms with E-state index in [1.165, 1.54) is 6.20 Å².